The van der Waals surface area contributed by atoms with E-state index in [1.165, 1.54) is 6.07 Å². The Bertz CT molecular complexity index is 584. The Morgan fingerprint density at radius 2 is 1.74 bits per heavy atom. The number of benzene rings is 2. The van der Waals surface area contributed by atoms with Crippen molar-refractivity contribution >= 4 is 43.2 Å². The molecule has 0 spiro atoms. The number of halogens is 2. The number of carbonyl (C=O) groups excluding carboxylic acids is 1. The van der Waals surface area contributed by atoms with Gasteiger partial charge in [0.1, 0.15) is 17.4 Å². The van der Waals surface area contributed by atoms with Crippen LogP contribution in [0.3, 0.4) is 0 Å². The molecule has 1 heterocycles. The van der Waals surface area contributed by atoms with Crippen LogP contribution in [0.4, 0.5) is 0 Å². The molecule has 0 aliphatic carbocycles. The molecule has 98 valence electrons. The highest BCUT2D eigenvalue weighted by molar-refractivity contribution is 15.0. The van der Waals surface area contributed by atoms with Crippen LogP contribution in [0.1, 0.15) is 17.0 Å². The monoisotopic (exact) mass is 480 g/mol. The van der Waals surface area contributed by atoms with Crippen molar-refractivity contribution in [1.29, 1.82) is 0 Å². The quantitative estimate of drug-likeness (QED) is 0.378. The molecule has 0 fully saturated rings. The standard InChI is InChI=1S/C14H10O3.I2/c15-10-6-7-12-11(8-10)13(14(16)17-12)9-4-2-1-3-5-9;1-2/h1-8,13,15H;. The molecular weight excluding hydrogens is 470 g/mol. The first-order valence-electron chi connectivity index (χ1n) is 5.49. The molecule has 0 aromatic heterocycles. The lowest BCUT2D eigenvalue weighted by Gasteiger charge is -2.07. The van der Waals surface area contributed by atoms with Gasteiger partial charge in [0, 0.05) is 42.8 Å². The van der Waals surface area contributed by atoms with Gasteiger partial charge in [0.2, 0.25) is 0 Å². The molecule has 3 nitrogen and oxygen atoms in total. The molecule has 0 bridgehead atoms. The van der Waals surface area contributed by atoms with E-state index in [1.54, 1.807) is 12.1 Å². The first kappa shape index (κ1) is 14.6. The fourth-order valence-corrected chi connectivity index (χ4v) is 2.11. The van der Waals surface area contributed by atoms with E-state index in [9.17, 15) is 9.90 Å². The Kier molecular flexibility index (Phi) is 5.03. The number of fused-ring (bicyclic) bond motifs is 1. The van der Waals surface area contributed by atoms with Gasteiger partial charge in [-0.25, -0.2) is 0 Å². The molecular formula is C14H10I2O3. The van der Waals surface area contributed by atoms with Crippen LogP contribution in [-0.2, 0) is 4.79 Å². The lowest BCUT2D eigenvalue weighted by atomic mass is 9.92. The summed E-state index contributed by atoms with van der Waals surface area (Å²) < 4.78 is 5.18. The number of esters is 1. The third kappa shape index (κ3) is 3.02. The van der Waals surface area contributed by atoms with Crippen molar-refractivity contribution in [3.8, 4) is 11.5 Å². The third-order valence-electron chi connectivity index (χ3n) is 2.88. The summed E-state index contributed by atoms with van der Waals surface area (Å²) in [5.41, 5.74) is 1.60. The second-order valence-electron chi connectivity index (χ2n) is 3.99. The molecule has 1 aliphatic heterocycles. The number of carbonyl (C=O) groups is 1. The highest BCUT2D eigenvalue weighted by atomic mass is 128. The highest BCUT2D eigenvalue weighted by Gasteiger charge is 2.34. The van der Waals surface area contributed by atoms with Gasteiger partial charge in [-0.2, -0.15) is 0 Å². The Morgan fingerprint density at radius 3 is 2.42 bits per heavy atom. The number of aromatic hydroxyl groups is 1. The van der Waals surface area contributed by atoms with E-state index in [4.69, 9.17) is 4.74 Å². The van der Waals surface area contributed by atoms with Crippen molar-refractivity contribution in [3.63, 3.8) is 0 Å². The van der Waals surface area contributed by atoms with Crippen LogP contribution in [0, 0.1) is 0 Å². The Hall–Kier alpha value is -0.830. The SMILES string of the molecule is II.O=C1Oc2ccc(O)cc2C1c1ccccc1. The molecule has 1 atom stereocenters. The minimum Gasteiger partial charge on any atom is -0.508 e. The molecule has 0 saturated heterocycles. The van der Waals surface area contributed by atoms with Crippen LogP contribution < -0.4 is 4.74 Å². The predicted molar refractivity (Wildman–Crippen MR) is 90.1 cm³/mol. The molecule has 0 saturated carbocycles. The van der Waals surface area contributed by atoms with E-state index < -0.39 is 5.92 Å². The summed E-state index contributed by atoms with van der Waals surface area (Å²) in [6, 6.07) is 14.1. The number of ether oxygens (including phenoxy) is 1. The van der Waals surface area contributed by atoms with Crippen molar-refractivity contribution in [3.05, 3.63) is 59.7 Å². The average molecular weight is 480 g/mol. The zero-order valence-electron chi connectivity index (χ0n) is 9.72. The van der Waals surface area contributed by atoms with E-state index in [-0.39, 0.29) is 11.7 Å². The minimum absolute atomic E-state index is 0.142. The molecule has 0 radical (unpaired) electrons. The summed E-state index contributed by atoms with van der Waals surface area (Å²) in [4.78, 5) is 11.8. The van der Waals surface area contributed by atoms with Gasteiger partial charge in [-0.05, 0) is 23.8 Å². The van der Waals surface area contributed by atoms with Crippen molar-refractivity contribution in [2.75, 3.05) is 0 Å². The smallest absolute Gasteiger partial charge is 0.323 e. The molecule has 1 N–H and O–H groups in total. The summed E-state index contributed by atoms with van der Waals surface area (Å²) in [5.74, 6) is -0.0558. The molecule has 2 aromatic carbocycles. The van der Waals surface area contributed by atoms with Crippen LogP contribution in [-0.4, -0.2) is 11.1 Å². The lowest BCUT2D eigenvalue weighted by Crippen LogP contribution is -2.11. The largest absolute Gasteiger partial charge is 0.508 e. The van der Waals surface area contributed by atoms with Crippen molar-refractivity contribution in [2.45, 2.75) is 5.92 Å². The topological polar surface area (TPSA) is 46.5 Å². The number of hydrogen-bond donors (Lipinski definition) is 1. The van der Waals surface area contributed by atoms with Crippen LogP contribution in [0.25, 0.3) is 0 Å². The van der Waals surface area contributed by atoms with Gasteiger partial charge in [-0.1, -0.05) is 30.3 Å². The maximum absolute atomic E-state index is 11.8. The van der Waals surface area contributed by atoms with E-state index in [0.29, 0.717) is 5.75 Å². The normalized spacial score (nSPS) is 16.1. The van der Waals surface area contributed by atoms with Gasteiger partial charge in [0.25, 0.3) is 0 Å². The van der Waals surface area contributed by atoms with E-state index in [2.05, 4.69) is 37.2 Å². The van der Waals surface area contributed by atoms with Crippen molar-refractivity contribution in [1.82, 2.24) is 0 Å². The summed E-state index contributed by atoms with van der Waals surface area (Å²) in [6.07, 6.45) is 0. The van der Waals surface area contributed by atoms with Gasteiger partial charge in [0.05, 0.1) is 0 Å². The van der Waals surface area contributed by atoms with Crippen LogP contribution in [0.2, 0.25) is 0 Å². The van der Waals surface area contributed by atoms with Gasteiger partial charge >= 0.3 is 5.97 Å². The Labute approximate surface area is 134 Å². The van der Waals surface area contributed by atoms with Gasteiger partial charge in [-0.3, -0.25) is 4.79 Å². The molecule has 19 heavy (non-hydrogen) atoms. The van der Waals surface area contributed by atoms with E-state index >= 15 is 0 Å². The first-order chi connectivity index (χ1) is 9.25. The van der Waals surface area contributed by atoms with Gasteiger partial charge in [0.15, 0.2) is 0 Å². The van der Waals surface area contributed by atoms with Crippen LogP contribution >= 0.6 is 37.2 Å². The fraction of sp³-hybridized carbons (Fsp3) is 0.0714. The zero-order chi connectivity index (χ0) is 13.8. The van der Waals surface area contributed by atoms with E-state index in [1.807, 2.05) is 30.3 Å². The van der Waals surface area contributed by atoms with Gasteiger partial charge < -0.3 is 9.84 Å². The summed E-state index contributed by atoms with van der Waals surface area (Å²) >= 11 is 4.24. The highest BCUT2D eigenvalue weighted by Crippen LogP contribution is 2.40. The molecule has 0 amide bonds. The summed E-state index contributed by atoms with van der Waals surface area (Å²) in [5, 5.41) is 9.48. The van der Waals surface area contributed by atoms with Crippen molar-refractivity contribution < 1.29 is 14.6 Å². The van der Waals surface area contributed by atoms with Crippen LogP contribution in [0.15, 0.2) is 48.5 Å². The summed E-state index contributed by atoms with van der Waals surface area (Å²) in [7, 11) is 0. The first-order valence-corrected chi connectivity index (χ1v) is 11.8. The van der Waals surface area contributed by atoms with Crippen molar-refractivity contribution in [2.24, 2.45) is 0 Å². The minimum atomic E-state index is -0.432. The average Bonchev–Trinajstić information content (AvgIpc) is 2.77. The molecule has 1 unspecified atom stereocenters. The zero-order valence-corrected chi connectivity index (χ0v) is 14.0. The Balaban J connectivity index is 0.000000637. The number of rotatable bonds is 1. The molecule has 3 rings (SSSR count). The number of phenolic OH excluding ortho intramolecular Hbond substituents is 1. The second-order valence-corrected chi connectivity index (χ2v) is 3.99. The van der Waals surface area contributed by atoms with E-state index in [0.717, 1.165) is 11.1 Å². The van der Waals surface area contributed by atoms with Gasteiger partial charge in [-0.15, -0.1) is 0 Å². The maximum Gasteiger partial charge on any atom is 0.323 e. The molecule has 1 aliphatic rings. The number of hydrogen-bond acceptors (Lipinski definition) is 3. The summed E-state index contributed by atoms with van der Waals surface area (Å²) in [6.45, 7) is 0. The third-order valence-corrected chi connectivity index (χ3v) is 2.88. The second kappa shape index (κ2) is 6.56. The lowest BCUT2D eigenvalue weighted by molar-refractivity contribution is -0.133. The fourth-order valence-electron chi connectivity index (χ4n) is 2.11. The molecule has 2 aromatic rings. The number of phenols is 1. The maximum atomic E-state index is 11.8. The Morgan fingerprint density at radius 1 is 1.05 bits per heavy atom. The molecule has 5 heteroatoms. The van der Waals surface area contributed by atoms with Crippen LogP contribution in [0.5, 0.6) is 11.5 Å². The predicted octanol–water partition coefficient (Wildman–Crippen LogP) is 4.21.